The van der Waals surface area contributed by atoms with Crippen LogP contribution >= 0.6 is 0 Å². The topological polar surface area (TPSA) is 99.3 Å². The van der Waals surface area contributed by atoms with E-state index in [1.165, 1.54) is 0 Å². The summed E-state index contributed by atoms with van der Waals surface area (Å²) >= 11 is 0. The lowest BCUT2D eigenvalue weighted by Crippen LogP contribution is -2.67. The molecule has 0 radical (unpaired) electrons. The molecule has 4 amide bonds. The van der Waals surface area contributed by atoms with E-state index >= 15 is 0 Å². The van der Waals surface area contributed by atoms with Crippen LogP contribution < -0.4 is 5.32 Å². The first-order valence-electron chi connectivity index (χ1n) is 13.5. The lowest BCUT2D eigenvalue weighted by Gasteiger charge is -2.54. The minimum atomic E-state index is -0.273. The third-order valence-electron chi connectivity index (χ3n) is 8.59. The largest absolute Gasteiger partial charge is 0.447 e. The molecule has 0 aromatic carbocycles. The van der Waals surface area contributed by atoms with Crippen LogP contribution in [0.4, 0.5) is 4.79 Å². The molecule has 196 valence electrons. The number of carbonyl (C=O) groups excluding carboxylic acids is 4. The normalized spacial score (nSPS) is 33.7. The second-order valence-electron chi connectivity index (χ2n) is 11.3. The highest BCUT2D eigenvalue weighted by atomic mass is 16.6. The quantitative estimate of drug-likeness (QED) is 0.655. The van der Waals surface area contributed by atoms with Crippen LogP contribution in [0.25, 0.3) is 0 Å². The van der Waals surface area contributed by atoms with Crippen molar-refractivity contribution in [3.63, 3.8) is 0 Å². The van der Waals surface area contributed by atoms with Gasteiger partial charge in [0.25, 0.3) is 0 Å². The van der Waals surface area contributed by atoms with Crippen molar-refractivity contribution in [2.75, 3.05) is 26.2 Å². The summed E-state index contributed by atoms with van der Waals surface area (Å²) in [7, 11) is 0. The molecule has 0 spiro atoms. The van der Waals surface area contributed by atoms with E-state index in [2.05, 4.69) is 5.32 Å². The van der Waals surface area contributed by atoms with Gasteiger partial charge >= 0.3 is 6.09 Å². The van der Waals surface area contributed by atoms with Gasteiger partial charge in [-0.15, -0.1) is 0 Å². The minimum Gasteiger partial charge on any atom is -0.447 e. The Morgan fingerprint density at radius 2 is 1.69 bits per heavy atom. The van der Waals surface area contributed by atoms with E-state index in [0.717, 1.165) is 44.9 Å². The fourth-order valence-electron chi connectivity index (χ4n) is 7.03. The summed E-state index contributed by atoms with van der Waals surface area (Å²) < 4.78 is 5.58. The van der Waals surface area contributed by atoms with Crippen molar-refractivity contribution in [3.8, 4) is 0 Å². The van der Waals surface area contributed by atoms with Crippen LogP contribution in [0.2, 0.25) is 0 Å². The molecular formula is C26H42N4O5. The van der Waals surface area contributed by atoms with Crippen LogP contribution in [-0.4, -0.2) is 88.9 Å². The molecule has 0 aromatic rings. The molecule has 2 aliphatic carbocycles. The minimum absolute atomic E-state index is 0.00902. The number of carbonyl (C=O) groups is 4. The molecule has 4 aliphatic rings. The third-order valence-corrected chi connectivity index (χ3v) is 8.59. The molecule has 1 N–H and O–H groups in total. The number of ether oxygens (including phenoxy) is 1. The van der Waals surface area contributed by atoms with Crippen LogP contribution in [0.1, 0.15) is 72.6 Å². The molecule has 4 rings (SSSR count). The van der Waals surface area contributed by atoms with E-state index in [1.54, 1.807) is 11.8 Å². The number of nitrogens with one attached hydrogen (secondary N) is 1. The van der Waals surface area contributed by atoms with Crippen LogP contribution in [0, 0.1) is 17.8 Å². The first kappa shape index (κ1) is 25.8. The highest BCUT2D eigenvalue weighted by Crippen LogP contribution is 2.44. The van der Waals surface area contributed by atoms with Crippen LogP contribution in [0.3, 0.4) is 0 Å². The number of piperazine rings is 2. The number of hydrogen-bond acceptors (Lipinski definition) is 5. The molecule has 2 saturated carbocycles. The number of fused-ring (bicyclic) bond motifs is 1. The van der Waals surface area contributed by atoms with Crippen molar-refractivity contribution < 1.29 is 23.9 Å². The smallest absolute Gasteiger partial charge is 0.410 e. The second-order valence-corrected chi connectivity index (χ2v) is 11.3. The molecule has 2 aliphatic heterocycles. The lowest BCUT2D eigenvalue weighted by molar-refractivity contribution is -0.143. The SMILES string of the molecule is CC(=O)N1C2CCC(C3CCC(C(=O)N4CCNC(=O)C4)CC3)CC2N(C(=O)OC(C)C)C[C@@H]1C. The average molecular weight is 491 g/mol. The maximum atomic E-state index is 13.0. The average Bonchev–Trinajstić information content (AvgIpc) is 2.82. The third kappa shape index (κ3) is 5.59. The Hall–Kier alpha value is -2.32. The highest BCUT2D eigenvalue weighted by Gasteiger charge is 2.48. The molecule has 0 aromatic heterocycles. The van der Waals surface area contributed by atoms with Crippen molar-refractivity contribution in [2.24, 2.45) is 17.8 Å². The van der Waals surface area contributed by atoms with E-state index in [0.29, 0.717) is 31.5 Å². The summed E-state index contributed by atoms with van der Waals surface area (Å²) in [6.45, 7) is 9.20. The number of amides is 4. The van der Waals surface area contributed by atoms with Crippen molar-refractivity contribution in [3.05, 3.63) is 0 Å². The maximum Gasteiger partial charge on any atom is 0.410 e. The van der Waals surface area contributed by atoms with Crippen LogP contribution in [-0.2, 0) is 19.1 Å². The van der Waals surface area contributed by atoms with Crippen molar-refractivity contribution >= 4 is 23.8 Å². The summed E-state index contributed by atoms with van der Waals surface area (Å²) in [5.74, 6) is 1.14. The molecule has 2 heterocycles. The second kappa shape index (κ2) is 10.7. The van der Waals surface area contributed by atoms with Crippen molar-refractivity contribution in [2.45, 2.75) is 96.9 Å². The number of rotatable bonds is 3. The summed E-state index contributed by atoms with van der Waals surface area (Å²) in [6, 6.07) is -0.00923. The highest BCUT2D eigenvalue weighted by molar-refractivity contribution is 5.87. The van der Waals surface area contributed by atoms with Gasteiger partial charge in [-0.05, 0) is 77.6 Å². The summed E-state index contributed by atoms with van der Waals surface area (Å²) in [5.41, 5.74) is 0. The van der Waals surface area contributed by atoms with Gasteiger partial charge in [0.05, 0.1) is 24.7 Å². The summed E-state index contributed by atoms with van der Waals surface area (Å²) in [5, 5.41) is 2.78. The standard InChI is InChI=1S/C26H42N4O5/c1-16(2)35-26(34)29-14-17(3)30(18(4)31)22-10-9-21(13-23(22)29)19-5-7-20(8-6-19)25(33)28-12-11-27-24(32)15-28/h16-17,19-23H,5-15H2,1-4H3,(H,27,32)/t17-,19?,20?,21?,22?,23?/m0/s1. The molecule has 35 heavy (non-hydrogen) atoms. The van der Waals surface area contributed by atoms with Gasteiger partial charge in [0.2, 0.25) is 17.7 Å². The predicted octanol–water partition coefficient (Wildman–Crippen LogP) is 2.39. The predicted molar refractivity (Wildman–Crippen MR) is 130 cm³/mol. The van der Waals surface area contributed by atoms with Crippen LogP contribution in [0.15, 0.2) is 0 Å². The molecular weight excluding hydrogens is 448 g/mol. The first-order valence-corrected chi connectivity index (χ1v) is 13.5. The fraction of sp³-hybridized carbons (Fsp3) is 0.846. The maximum absolute atomic E-state index is 13.0. The van der Waals surface area contributed by atoms with Gasteiger partial charge in [0.1, 0.15) is 0 Å². The summed E-state index contributed by atoms with van der Waals surface area (Å²) in [4.78, 5) is 55.7. The van der Waals surface area contributed by atoms with Crippen molar-refractivity contribution in [1.82, 2.24) is 20.0 Å². The van der Waals surface area contributed by atoms with Crippen LogP contribution in [0.5, 0.6) is 0 Å². The Balaban J connectivity index is 1.39. The molecule has 9 heteroatoms. The Morgan fingerprint density at radius 3 is 2.31 bits per heavy atom. The Labute approximate surface area is 208 Å². The molecule has 2 saturated heterocycles. The van der Waals surface area contributed by atoms with Gasteiger partial charge in [-0.2, -0.15) is 0 Å². The van der Waals surface area contributed by atoms with Gasteiger partial charge in [-0.3, -0.25) is 14.4 Å². The molecule has 0 bridgehead atoms. The molecule has 4 fully saturated rings. The zero-order valence-corrected chi connectivity index (χ0v) is 21.7. The van der Waals surface area contributed by atoms with Gasteiger partial charge in [0, 0.05) is 38.5 Å². The number of hydrogen-bond donors (Lipinski definition) is 1. The van der Waals surface area contributed by atoms with E-state index in [1.807, 2.05) is 30.6 Å². The van der Waals surface area contributed by atoms with E-state index in [4.69, 9.17) is 4.74 Å². The van der Waals surface area contributed by atoms with E-state index < -0.39 is 0 Å². The van der Waals surface area contributed by atoms with Crippen molar-refractivity contribution in [1.29, 1.82) is 0 Å². The fourth-order valence-corrected chi connectivity index (χ4v) is 7.03. The van der Waals surface area contributed by atoms with Gasteiger partial charge in [0.15, 0.2) is 0 Å². The lowest BCUT2D eigenvalue weighted by atomic mass is 9.68. The Kier molecular flexibility index (Phi) is 7.91. The summed E-state index contributed by atoms with van der Waals surface area (Å²) in [6.07, 6.45) is 6.09. The monoisotopic (exact) mass is 490 g/mol. The molecule has 3 unspecified atom stereocenters. The Morgan fingerprint density at radius 1 is 1.00 bits per heavy atom. The number of nitrogens with zero attached hydrogens (tertiary/aromatic N) is 3. The zero-order valence-electron chi connectivity index (χ0n) is 21.7. The molecule has 4 atom stereocenters. The van der Waals surface area contributed by atoms with E-state index in [9.17, 15) is 19.2 Å². The zero-order chi connectivity index (χ0) is 25.3. The first-order chi connectivity index (χ1) is 16.7. The van der Waals surface area contributed by atoms with Gasteiger partial charge < -0.3 is 24.8 Å². The Bertz CT molecular complexity index is 825. The van der Waals surface area contributed by atoms with Gasteiger partial charge in [-0.1, -0.05) is 0 Å². The van der Waals surface area contributed by atoms with E-state index in [-0.39, 0.29) is 60.5 Å². The van der Waals surface area contributed by atoms with Gasteiger partial charge in [-0.25, -0.2) is 4.79 Å². The molecule has 9 nitrogen and oxygen atoms in total.